The molecular formula is C19H25N3O3. The van der Waals surface area contributed by atoms with Gasteiger partial charge in [0.25, 0.3) is 0 Å². The van der Waals surface area contributed by atoms with Crippen molar-refractivity contribution in [3.05, 3.63) is 36.7 Å². The fourth-order valence-electron chi connectivity index (χ4n) is 2.84. The van der Waals surface area contributed by atoms with E-state index < -0.39 is 5.60 Å². The topological polar surface area (TPSA) is 67.6 Å². The quantitative estimate of drug-likeness (QED) is 0.906. The van der Waals surface area contributed by atoms with Crippen LogP contribution in [0.4, 0.5) is 10.5 Å². The van der Waals surface area contributed by atoms with Gasteiger partial charge < -0.3 is 19.4 Å². The number of likely N-dealkylation sites (tertiary alicyclic amines) is 1. The number of ether oxygens (including phenoxy) is 1. The zero-order valence-corrected chi connectivity index (χ0v) is 15.0. The average molecular weight is 343 g/mol. The molecule has 1 aromatic heterocycles. The first kappa shape index (κ1) is 17.3. The summed E-state index contributed by atoms with van der Waals surface area (Å²) in [6.45, 7) is 7.09. The molecular weight excluding hydrogens is 318 g/mol. The van der Waals surface area contributed by atoms with E-state index in [4.69, 9.17) is 9.15 Å². The van der Waals surface area contributed by atoms with Gasteiger partial charge >= 0.3 is 6.09 Å². The van der Waals surface area contributed by atoms with Crippen LogP contribution >= 0.6 is 0 Å². The van der Waals surface area contributed by atoms with E-state index in [9.17, 15) is 4.79 Å². The minimum absolute atomic E-state index is 0.221. The molecule has 25 heavy (non-hydrogen) atoms. The van der Waals surface area contributed by atoms with Gasteiger partial charge in [-0.3, -0.25) is 0 Å². The second-order valence-electron chi connectivity index (χ2n) is 7.30. The van der Waals surface area contributed by atoms with E-state index in [2.05, 4.69) is 10.3 Å². The van der Waals surface area contributed by atoms with Gasteiger partial charge in [-0.1, -0.05) is 0 Å². The molecule has 1 aromatic carbocycles. The number of amides is 1. The largest absolute Gasteiger partial charge is 0.445 e. The maximum atomic E-state index is 12.1. The summed E-state index contributed by atoms with van der Waals surface area (Å²) in [4.78, 5) is 18.0. The molecule has 6 heteroatoms. The molecule has 0 spiro atoms. The second-order valence-corrected chi connectivity index (χ2v) is 7.30. The van der Waals surface area contributed by atoms with E-state index in [1.807, 2.05) is 45.0 Å². The zero-order chi connectivity index (χ0) is 17.9. The summed E-state index contributed by atoms with van der Waals surface area (Å²) in [6.07, 6.45) is 4.79. The maximum Gasteiger partial charge on any atom is 0.410 e. The summed E-state index contributed by atoms with van der Waals surface area (Å²) in [6, 6.07) is 8.39. The minimum atomic E-state index is -0.448. The van der Waals surface area contributed by atoms with Crippen LogP contribution in [0.15, 0.2) is 41.1 Å². The number of benzene rings is 1. The zero-order valence-electron chi connectivity index (χ0n) is 15.0. The molecule has 0 bridgehead atoms. The van der Waals surface area contributed by atoms with Gasteiger partial charge in [-0.15, -0.1) is 0 Å². The summed E-state index contributed by atoms with van der Waals surface area (Å²) in [5.41, 5.74) is 1.57. The van der Waals surface area contributed by atoms with Crippen LogP contribution in [-0.2, 0) is 4.74 Å². The molecule has 6 nitrogen and oxygen atoms in total. The third kappa shape index (κ3) is 4.75. The molecule has 1 N–H and O–H groups in total. The summed E-state index contributed by atoms with van der Waals surface area (Å²) < 4.78 is 10.7. The van der Waals surface area contributed by atoms with Gasteiger partial charge in [0.2, 0.25) is 5.89 Å². The Bertz CT molecular complexity index is 682. The molecule has 0 saturated carbocycles. The number of nitrogens with zero attached hydrogens (tertiary/aromatic N) is 2. The Hall–Kier alpha value is -2.50. The Morgan fingerprint density at radius 1 is 1.24 bits per heavy atom. The van der Waals surface area contributed by atoms with Gasteiger partial charge in [-0.25, -0.2) is 9.78 Å². The lowest BCUT2D eigenvalue weighted by molar-refractivity contribution is 0.0210. The van der Waals surface area contributed by atoms with Gasteiger partial charge in [0, 0.05) is 30.4 Å². The Morgan fingerprint density at radius 2 is 1.92 bits per heavy atom. The molecule has 0 atom stereocenters. The van der Waals surface area contributed by atoms with Crippen molar-refractivity contribution in [1.29, 1.82) is 0 Å². The highest BCUT2D eigenvalue weighted by Crippen LogP contribution is 2.22. The van der Waals surface area contributed by atoms with Crippen LogP contribution in [0.1, 0.15) is 33.6 Å². The van der Waals surface area contributed by atoms with Crippen LogP contribution in [0.5, 0.6) is 0 Å². The van der Waals surface area contributed by atoms with E-state index in [-0.39, 0.29) is 6.09 Å². The number of hydrogen-bond donors (Lipinski definition) is 1. The van der Waals surface area contributed by atoms with E-state index in [1.165, 1.54) is 0 Å². The number of carbonyl (C=O) groups excluding carboxylic acids is 1. The lowest BCUT2D eigenvalue weighted by atomic mass is 10.0. The van der Waals surface area contributed by atoms with E-state index in [0.29, 0.717) is 25.0 Å². The van der Waals surface area contributed by atoms with Crippen molar-refractivity contribution in [2.75, 3.05) is 18.4 Å². The molecule has 1 saturated heterocycles. The Kier molecular flexibility index (Phi) is 4.97. The lowest BCUT2D eigenvalue weighted by Gasteiger charge is -2.34. The molecule has 1 aliphatic rings. The van der Waals surface area contributed by atoms with Gasteiger partial charge in [0.05, 0.1) is 6.20 Å². The van der Waals surface area contributed by atoms with Gasteiger partial charge in [-0.05, 0) is 57.9 Å². The normalized spacial score (nSPS) is 15.9. The molecule has 0 radical (unpaired) electrons. The first-order valence-electron chi connectivity index (χ1n) is 8.65. The number of carbonyl (C=O) groups is 1. The molecule has 0 aliphatic carbocycles. The average Bonchev–Trinajstić information content (AvgIpc) is 3.09. The molecule has 2 aromatic rings. The fourth-order valence-corrected chi connectivity index (χ4v) is 2.84. The van der Waals surface area contributed by atoms with Crippen molar-refractivity contribution in [2.45, 2.75) is 45.3 Å². The molecule has 1 aliphatic heterocycles. The van der Waals surface area contributed by atoms with Crippen molar-refractivity contribution in [1.82, 2.24) is 9.88 Å². The maximum absolute atomic E-state index is 12.1. The molecule has 2 heterocycles. The predicted molar refractivity (Wildman–Crippen MR) is 96.4 cm³/mol. The van der Waals surface area contributed by atoms with Crippen LogP contribution in [0.2, 0.25) is 0 Å². The van der Waals surface area contributed by atoms with Crippen molar-refractivity contribution >= 4 is 11.8 Å². The minimum Gasteiger partial charge on any atom is -0.445 e. The van der Waals surface area contributed by atoms with E-state index in [1.54, 1.807) is 17.4 Å². The Labute approximate surface area is 148 Å². The molecule has 1 fully saturated rings. The highest BCUT2D eigenvalue weighted by molar-refractivity contribution is 5.68. The van der Waals surface area contributed by atoms with Crippen LogP contribution < -0.4 is 5.32 Å². The van der Waals surface area contributed by atoms with E-state index >= 15 is 0 Å². The number of hydrogen-bond acceptors (Lipinski definition) is 5. The highest BCUT2D eigenvalue weighted by atomic mass is 16.6. The van der Waals surface area contributed by atoms with Crippen molar-refractivity contribution in [3.8, 4) is 11.5 Å². The molecule has 1 amide bonds. The summed E-state index contributed by atoms with van der Waals surface area (Å²) in [5.74, 6) is 0.622. The van der Waals surface area contributed by atoms with Crippen molar-refractivity contribution in [2.24, 2.45) is 0 Å². The number of piperidine rings is 1. The predicted octanol–water partition coefficient (Wildman–Crippen LogP) is 4.15. The van der Waals surface area contributed by atoms with Gasteiger partial charge in [0.1, 0.15) is 11.9 Å². The summed E-state index contributed by atoms with van der Waals surface area (Å²) in [7, 11) is 0. The van der Waals surface area contributed by atoms with E-state index in [0.717, 1.165) is 24.1 Å². The fraction of sp³-hybridized carbons (Fsp3) is 0.474. The smallest absolute Gasteiger partial charge is 0.410 e. The summed E-state index contributed by atoms with van der Waals surface area (Å²) in [5, 5.41) is 3.53. The first-order valence-corrected chi connectivity index (χ1v) is 8.65. The molecule has 3 rings (SSSR count). The SMILES string of the molecule is CC(C)(C)OC(=O)N1CCC(Nc2ccc(-c3ncco3)cc2)CC1. The third-order valence-corrected chi connectivity index (χ3v) is 4.08. The number of anilines is 1. The van der Waals surface area contributed by atoms with Gasteiger partial charge in [-0.2, -0.15) is 0 Å². The first-order chi connectivity index (χ1) is 11.9. The van der Waals surface area contributed by atoms with Crippen LogP contribution in [-0.4, -0.2) is 40.7 Å². The monoisotopic (exact) mass is 343 g/mol. The third-order valence-electron chi connectivity index (χ3n) is 4.08. The Morgan fingerprint density at radius 3 is 2.48 bits per heavy atom. The highest BCUT2D eigenvalue weighted by Gasteiger charge is 2.26. The summed E-state index contributed by atoms with van der Waals surface area (Å²) >= 11 is 0. The standard InChI is InChI=1S/C19H25N3O3/c1-19(2,3)25-18(23)22-11-8-16(9-12-22)21-15-6-4-14(5-7-15)17-20-10-13-24-17/h4-7,10,13,16,21H,8-9,11-12H2,1-3H3. The number of oxazole rings is 1. The number of aromatic nitrogens is 1. The molecule has 134 valence electrons. The van der Waals surface area contributed by atoms with Crippen molar-refractivity contribution < 1.29 is 13.9 Å². The second kappa shape index (κ2) is 7.17. The van der Waals surface area contributed by atoms with Crippen LogP contribution in [0, 0.1) is 0 Å². The van der Waals surface area contributed by atoms with Crippen molar-refractivity contribution in [3.63, 3.8) is 0 Å². The lowest BCUT2D eigenvalue weighted by Crippen LogP contribution is -2.44. The van der Waals surface area contributed by atoms with Gasteiger partial charge in [0.15, 0.2) is 0 Å². The van der Waals surface area contributed by atoms with Crippen LogP contribution in [0.25, 0.3) is 11.5 Å². The number of rotatable bonds is 3. The Balaban J connectivity index is 1.50. The molecule has 0 unspecified atom stereocenters. The van der Waals surface area contributed by atoms with Crippen LogP contribution in [0.3, 0.4) is 0 Å². The number of nitrogens with one attached hydrogen (secondary N) is 1.